The van der Waals surface area contributed by atoms with Crippen LogP contribution < -0.4 is 14.8 Å². The fourth-order valence-electron chi connectivity index (χ4n) is 2.59. The molecule has 1 atom stereocenters. The predicted molar refractivity (Wildman–Crippen MR) is 103 cm³/mol. The van der Waals surface area contributed by atoms with E-state index in [-0.39, 0.29) is 5.91 Å². The average Bonchev–Trinajstić information content (AvgIpc) is 2.66. The van der Waals surface area contributed by atoms with Crippen LogP contribution in [0.1, 0.15) is 18.9 Å². The normalized spacial score (nSPS) is 11.8. The summed E-state index contributed by atoms with van der Waals surface area (Å²) in [6.07, 6.45) is 0.357. The minimum absolute atomic E-state index is 0.105. The number of rotatable bonds is 10. The molecule has 0 aliphatic carbocycles. The Hall–Kier alpha value is -2.53. The maximum Gasteiger partial charge on any atom is 0.260 e. The third-order valence-electron chi connectivity index (χ3n) is 4.05. The molecule has 2 rings (SSSR count). The highest BCUT2D eigenvalue weighted by molar-refractivity contribution is 5.80. The van der Waals surface area contributed by atoms with Crippen LogP contribution in [0, 0.1) is 0 Å². The van der Waals surface area contributed by atoms with E-state index in [4.69, 9.17) is 9.47 Å². The molecule has 0 unspecified atom stereocenters. The number of benzene rings is 2. The minimum atomic E-state index is -0.537. The molecule has 0 heterocycles. The Balaban J connectivity index is 1.64. The van der Waals surface area contributed by atoms with Crippen LogP contribution in [-0.4, -0.2) is 44.2 Å². The van der Waals surface area contributed by atoms with Gasteiger partial charge in [0.05, 0.1) is 7.11 Å². The van der Waals surface area contributed by atoms with Crippen molar-refractivity contribution in [3.05, 3.63) is 60.2 Å². The SMILES string of the molecule is COc1ccc(O[C@@H](C)C(=O)NCCCN(C)Cc2ccccc2)cc1. The smallest absolute Gasteiger partial charge is 0.260 e. The van der Waals surface area contributed by atoms with Gasteiger partial charge in [0, 0.05) is 13.1 Å². The molecular formula is C21H28N2O3. The van der Waals surface area contributed by atoms with Crippen LogP contribution >= 0.6 is 0 Å². The fourth-order valence-corrected chi connectivity index (χ4v) is 2.59. The van der Waals surface area contributed by atoms with Crippen LogP contribution in [0.2, 0.25) is 0 Å². The first-order valence-electron chi connectivity index (χ1n) is 8.89. The van der Waals surface area contributed by atoms with Crippen LogP contribution in [0.4, 0.5) is 0 Å². The van der Waals surface area contributed by atoms with E-state index in [0.717, 1.165) is 25.3 Å². The third kappa shape index (κ3) is 6.76. The van der Waals surface area contributed by atoms with Crippen molar-refractivity contribution in [2.24, 2.45) is 0 Å². The summed E-state index contributed by atoms with van der Waals surface area (Å²) in [4.78, 5) is 14.4. The van der Waals surface area contributed by atoms with E-state index in [9.17, 15) is 4.79 Å². The van der Waals surface area contributed by atoms with Gasteiger partial charge in [-0.05, 0) is 56.8 Å². The van der Waals surface area contributed by atoms with Crippen LogP contribution in [0.25, 0.3) is 0 Å². The summed E-state index contributed by atoms with van der Waals surface area (Å²) in [6, 6.07) is 17.6. The molecule has 5 nitrogen and oxygen atoms in total. The minimum Gasteiger partial charge on any atom is -0.497 e. The lowest BCUT2D eigenvalue weighted by Gasteiger charge is -2.18. The number of methoxy groups -OCH3 is 1. The Morgan fingerprint density at radius 1 is 1.08 bits per heavy atom. The molecule has 2 aromatic carbocycles. The third-order valence-corrected chi connectivity index (χ3v) is 4.05. The summed E-state index contributed by atoms with van der Waals surface area (Å²) < 4.78 is 10.8. The van der Waals surface area contributed by atoms with Gasteiger partial charge >= 0.3 is 0 Å². The molecule has 0 spiro atoms. The van der Waals surface area contributed by atoms with Gasteiger partial charge in [0.2, 0.25) is 0 Å². The van der Waals surface area contributed by atoms with E-state index < -0.39 is 6.10 Å². The largest absolute Gasteiger partial charge is 0.497 e. The van der Waals surface area contributed by atoms with E-state index >= 15 is 0 Å². The second-order valence-electron chi connectivity index (χ2n) is 6.30. The number of carbonyl (C=O) groups excluding carboxylic acids is 1. The topological polar surface area (TPSA) is 50.8 Å². The highest BCUT2D eigenvalue weighted by Gasteiger charge is 2.14. The Bertz CT molecular complexity index is 659. The standard InChI is InChI=1S/C21H28N2O3/c1-17(26-20-12-10-19(25-3)11-13-20)21(24)22-14-7-15-23(2)16-18-8-5-4-6-9-18/h4-6,8-13,17H,7,14-16H2,1-3H3,(H,22,24)/t17-/m0/s1. The number of ether oxygens (including phenoxy) is 2. The quantitative estimate of drug-likeness (QED) is 0.665. The van der Waals surface area contributed by atoms with Crippen molar-refractivity contribution in [1.29, 1.82) is 0 Å². The maximum absolute atomic E-state index is 12.1. The van der Waals surface area contributed by atoms with Gasteiger partial charge in [0.15, 0.2) is 6.10 Å². The molecule has 5 heteroatoms. The number of nitrogens with one attached hydrogen (secondary N) is 1. The lowest BCUT2D eigenvalue weighted by Crippen LogP contribution is -2.37. The summed E-state index contributed by atoms with van der Waals surface area (Å²) in [7, 11) is 3.70. The second-order valence-corrected chi connectivity index (χ2v) is 6.30. The van der Waals surface area contributed by atoms with E-state index in [2.05, 4.69) is 29.4 Å². The summed E-state index contributed by atoms with van der Waals surface area (Å²) in [5, 5.41) is 2.93. The Morgan fingerprint density at radius 3 is 2.38 bits per heavy atom. The van der Waals surface area contributed by atoms with Gasteiger partial charge < -0.3 is 19.7 Å². The molecule has 0 fully saturated rings. The highest BCUT2D eigenvalue weighted by Crippen LogP contribution is 2.18. The van der Waals surface area contributed by atoms with Gasteiger partial charge in [0.25, 0.3) is 5.91 Å². The number of nitrogens with zero attached hydrogens (tertiary/aromatic N) is 1. The van der Waals surface area contributed by atoms with Crippen molar-refractivity contribution in [3.8, 4) is 11.5 Å². The number of hydrogen-bond donors (Lipinski definition) is 1. The monoisotopic (exact) mass is 356 g/mol. The summed E-state index contributed by atoms with van der Waals surface area (Å²) >= 11 is 0. The van der Waals surface area contributed by atoms with Gasteiger partial charge in [-0.3, -0.25) is 4.79 Å². The summed E-state index contributed by atoms with van der Waals surface area (Å²) in [5.74, 6) is 1.30. The molecule has 2 aromatic rings. The summed E-state index contributed by atoms with van der Waals surface area (Å²) in [6.45, 7) is 4.21. The van der Waals surface area contributed by atoms with Crippen LogP contribution in [0.5, 0.6) is 11.5 Å². The molecule has 0 aliphatic heterocycles. The maximum atomic E-state index is 12.1. The van der Waals surface area contributed by atoms with Crippen molar-refractivity contribution in [3.63, 3.8) is 0 Å². The fraction of sp³-hybridized carbons (Fsp3) is 0.381. The molecular weight excluding hydrogens is 328 g/mol. The first kappa shape index (κ1) is 19.8. The van der Waals surface area contributed by atoms with Crippen molar-refractivity contribution < 1.29 is 14.3 Å². The number of hydrogen-bond acceptors (Lipinski definition) is 4. The van der Waals surface area contributed by atoms with Gasteiger partial charge in [-0.2, -0.15) is 0 Å². The molecule has 1 amide bonds. The number of carbonyl (C=O) groups is 1. The van der Waals surface area contributed by atoms with Crippen LogP contribution in [0.15, 0.2) is 54.6 Å². The molecule has 140 valence electrons. The number of amides is 1. The zero-order valence-corrected chi connectivity index (χ0v) is 15.8. The summed E-state index contributed by atoms with van der Waals surface area (Å²) in [5.41, 5.74) is 1.29. The van der Waals surface area contributed by atoms with E-state index in [1.54, 1.807) is 26.2 Å². The van der Waals surface area contributed by atoms with E-state index in [0.29, 0.717) is 12.3 Å². The molecule has 0 aliphatic rings. The molecule has 1 N–H and O–H groups in total. The van der Waals surface area contributed by atoms with E-state index in [1.807, 2.05) is 30.3 Å². The average molecular weight is 356 g/mol. The molecule has 26 heavy (non-hydrogen) atoms. The van der Waals surface area contributed by atoms with Gasteiger partial charge in [-0.15, -0.1) is 0 Å². The highest BCUT2D eigenvalue weighted by atomic mass is 16.5. The lowest BCUT2D eigenvalue weighted by molar-refractivity contribution is -0.127. The van der Waals surface area contributed by atoms with Crippen molar-refractivity contribution in [1.82, 2.24) is 10.2 Å². The first-order valence-corrected chi connectivity index (χ1v) is 8.89. The van der Waals surface area contributed by atoms with E-state index in [1.165, 1.54) is 5.56 Å². The van der Waals surface area contributed by atoms with Gasteiger partial charge in [-0.1, -0.05) is 30.3 Å². The second kappa shape index (κ2) is 10.5. The first-order chi connectivity index (χ1) is 12.6. The predicted octanol–water partition coefficient (Wildman–Crippen LogP) is 3.10. The molecule has 0 saturated carbocycles. The molecule has 0 bridgehead atoms. The van der Waals surface area contributed by atoms with Gasteiger partial charge in [0.1, 0.15) is 11.5 Å². The Morgan fingerprint density at radius 2 is 1.73 bits per heavy atom. The van der Waals surface area contributed by atoms with Crippen LogP contribution in [0.3, 0.4) is 0 Å². The van der Waals surface area contributed by atoms with Crippen molar-refractivity contribution in [2.75, 3.05) is 27.2 Å². The molecule has 0 aromatic heterocycles. The zero-order valence-electron chi connectivity index (χ0n) is 15.8. The van der Waals surface area contributed by atoms with Crippen LogP contribution in [-0.2, 0) is 11.3 Å². The lowest BCUT2D eigenvalue weighted by atomic mass is 10.2. The Kier molecular flexibility index (Phi) is 7.96. The molecule has 0 saturated heterocycles. The van der Waals surface area contributed by atoms with Crippen molar-refractivity contribution >= 4 is 5.91 Å². The zero-order chi connectivity index (χ0) is 18.8. The Labute approximate surface area is 155 Å². The van der Waals surface area contributed by atoms with Crippen molar-refractivity contribution in [2.45, 2.75) is 26.0 Å². The van der Waals surface area contributed by atoms with Gasteiger partial charge in [-0.25, -0.2) is 0 Å². The molecule has 0 radical (unpaired) electrons.